The van der Waals surface area contributed by atoms with E-state index in [0.717, 1.165) is 25.4 Å². The van der Waals surface area contributed by atoms with Gasteiger partial charge in [0.05, 0.1) is 7.11 Å². The van der Waals surface area contributed by atoms with Gasteiger partial charge in [0.1, 0.15) is 5.75 Å². The fraction of sp³-hybridized carbons (Fsp3) is 0.667. The van der Waals surface area contributed by atoms with E-state index >= 15 is 0 Å². The molecule has 3 heteroatoms. The Kier molecular flexibility index (Phi) is 7.04. The molecule has 0 aliphatic carbocycles. The molecule has 1 saturated heterocycles. The van der Waals surface area contributed by atoms with Gasteiger partial charge in [-0.15, -0.1) is 0 Å². The molecule has 3 nitrogen and oxygen atoms in total. The summed E-state index contributed by atoms with van der Waals surface area (Å²) in [6.07, 6.45) is 6.84. The minimum atomic E-state index is 0.938. The van der Waals surface area contributed by atoms with Gasteiger partial charge in [-0.2, -0.15) is 0 Å². The number of nitrogens with zero attached hydrogens (tertiary/aromatic N) is 1. The molecule has 1 N–H and O–H groups in total. The van der Waals surface area contributed by atoms with Gasteiger partial charge in [-0.1, -0.05) is 32.3 Å². The minimum absolute atomic E-state index is 0.938. The van der Waals surface area contributed by atoms with Gasteiger partial charge >= 0.3 is 0 Å². The Bertz CT molecular complexity index is 412. The lowest BCUT2D eigenvalue weighted by molar-refractivity contribution is 0.236. The Morgan fingerprint density at radius 1 is 1.10 bits per heavy atom. The molecule has 0 radical (unpaired) electrons. The van der Waals surface area contributed by atoms with Crippen LogP contribution in [0.3, 0.4) is 0 Å². The third-order valence-electron chi connectivity index (χ3n) is 4.27. The molecule has 1 aromatic carbocycles. The molecule has 0 amide bonds. The first-order valence-electron chi connectivity index (χ1n) is 8.42. The molecule has 0 saturated carbocycles. The van der Waals surface area contributed by atoms with Crippen LogP contribution in [-0.4, -0.2) is 31.6 Å². The highest BCUT2D eigenvalue weighted by molar-refractivity contribution is 5.37. The topological polar surface area (TPSA) is 24.5 Å². The number of ether oxygens (including phenoxy) is 1. The lowest BCUT2D eigenvalue weighted by atomic mass is 10.1. The summed E-state index contributed by atoms with van der Waals surface area (Å²) in [7, 11) is 1.77. The predicted molar refractivity (Wildman–Crippen MR) is 88.7 cm³/mol. The first kappa shape index (κ1) is 16.3. The number of hydrogen-bond acceptors (Lipinski definition) is 3. The fourth-order valence-corrected chi connectivity index (χ4v) is 3.05. The molecular weight excluding hydrogens is 260 g/mol. The van der Waals surface area contributed by atoms with E-state index in [1.54, 1.807) is 7.11 Å². The molecule has 0 atom stereocenters. The van der Waals surface area contributed by atoms with Gasteiger partial charge in [-0.25, -0.2) is 0 Å². The normalized spacial score (nSPS) is 17.2. The summed E-state index contributed by atoms with van der Waals surface area (Å²) < 4.78 is 5.56. The molecule has 1 aliphatic rings. The molecular formula is C18H30N2O. The Balaban J connectivity index is 2.04. The van der Waals surface area contributed by atoms with E-state index in [1.807, 2.05) is 0 Å². The zero-order chi connectivity index (χ0) is 14.9. The predicted octanol–water partition coefficient (Wildman–Crippen LogP) is 3.57. The molecule has 0 aromatic heterocycles. The number of hydrogen-bond donors (Lipinski definition) is 1. The maximum Gasteiger partial charge on any atom is 0.123 e. The van der Waals surface area contributed by atoms with Crippen molar-refractivity contribution in [3.63, 3.8) is 0 Å². The van der Waals surface area contributed by atoms with Crippen molar-refractivity contribution in [3.05, 3.63) is 29.3 Å². The van der Waals surface area contributed by atoms with Crippen LogP contribution in [0.15, 0.2) is 18.2 Å². The summed E-state index contributed by atoms with van der Waals surface area (Å²) >= 11 is 0. The Labute approximate surface area is 129 Å². The van der Waals surface area contributed by atoms with Crippen LogP contribution in [0.5, 0.6) is 5.75 Å². The Morgan fingerprint density at radius 3 is 2.48 bits per heavy atom. The highest BCUT2D eigenvalue weighted by Gasteiger charge is 2.12. The van der Waals surface area contributed by atoms with Crippen molar-refractivity contribution in [3.8, 4) is 5.75 Å². The van der Waals surface area contributed by atoms with Gasteiger partial charge in [0.25, 0.3) is 0 Å². The van der Waals surface area contributed by atoms with Crippen molar-refractivity contribution in [2.24, 2.45) is 0 Å². The molecule has 2 rings (SSSR count). The quantitative estimate of drug-likeness (QED) is 0.867. The molecule has 1 aliphatic heterocycles. The van der Waals surface area contributed by atoms with Crippen molar-refractivity contribution >= 4 is 0 Å². The minimum Gasteiger partial charge on any atom is -0.496 e. The number of likely N-dealkylation sites (tertiary alicyclic amines) is 1. The summed E-state index contributed by atoms with van der Waals surface area (Å²) in [5.74, 6) is 1.03. The van der Waals surface area contributed by atoms with E-state index in [2.05, 4.69) is 35.3 Å². The largest absolute Gasteiger partial charge is 0.496 e. The summed E-state index contributed by atoms with van der Waals surface area (Å²) in [6.45, 7) is 7.55. The van der Waals surface area contributed by atoms with E-state index < -0.39 is 0 Å². The average molecular weight is 290 g/mol. The van der Waals surface area contributed by atoms with Crippen LogP contribution < -0.4 is 10.1 Å². The van der Waals surface area contributed by atoms with Gasteiger partial charge in [0, 0.05) is 18.7 Å². The Morgan fingerprint density at radius 2 is 1.81 bits per heavy atom. The molecule has 1 heterocycles. The van der Waals surface area contributed by atoms with Crippen LogP contribution in [0, 0.1) is 0 Å². The van der Waals surface area contributed by atoms with Crippen molar-refractivity contribution in [1.82, 2.24) is 10.2 Å². The first-order valence-corrected chi connectivity index (χ1v) is 8.42. The lowest BCUT2D eigenvalue weighted by Gasteiger charge is -2.25. The molecule has 118 valence electrons. The third kappa shape index (κ3) is 5.33. The summed E-state index contributed by atoms with van der Waals surface area (Å²) in [6, 6.07) is 6.59. The lowest BCUT2D eigenvalue weighted by Crippen LogP contribution is -2.27. The smallest absolute Gasteiger partial charge is 0.123 e. The monoisotopic (exact) mass is 290 g/mol. The van der Waals surface area contributed by atoms with Gasteiger partial charge in [-0.3, -0.25) is 4.90 Å². The molecule has 0 spiro atoms. The number of nitrogens with one attached hydrogen (secondary N) is 1. The highest BCUT2D eigenvalue weighted by atomic mass is 16.5. The highest BCUT2D eigenvalue weighted by Crippen LogP contribution is 2.23. The average Bonchev–Trinajstić information content (AvgIpc) is 2.48. The van der Waals surface area contributed by atoms with E-state index in [4.69, 9.17) is 4.74 Å². The zero-order valence-electron chi connectivity index (χ0n) is 13.7. The number of rotatable bonds is 6. The zero-order valence-corrected chi connectivity index (χ0v) is 13.7. The van der Waals surface area contributed by atoms with Gasteiger partial charge in [0.2, 0.25) is 0 Å². The summed E-state index contributed by atoms with van der Waals surface area (Å²) in [5.41, 5.74) is 2.67. The SMILES string of the molecule is CCNCc1ccc(OC)c(CN2CCCCCCC2)c1. The second-order valence-electron chi connectivity index (χ2n) is 5.97. The van der Waals surface area contributed by atoms with Crippen molar-refractivity contribution in [2.45, 2.75) is 52.1 Å². The van der Waals surface area contributed by atoms with Gasteiger partial charge in [0.15, 0.2) is 0 Å². The van der Waals surface area contributed by atoms with Crippen molar-refractivity contribution in [2.75, 3.05) is 26.7 Å². The molecule has 21 heavy (non-hydrogen) atoms. The maximum atomic E-state index is 5.56. The van der Waals surface area contributed by atoms with E-state index in [1.165, 1.54) is 56.3 Å². The Hall–Kier alpha value is -1.06. The first-order chi connectivity index (χ1) is 10.3. The molecule has 0 bridgehead atoms. The van der Waals surface area contributed by atoms with Crippen LogP contribution >= 0.6 is 0 Å². The van der Waals surface area contributed by atoms with Crippen molar-refractivity contribution in [1.29, 1.82) is 0 Å². The fourth-order valence-electron chi connectivity index (χ4n) is 3.05. The van der Waals surface area contributed by atoms with Gasteiger partial charge < -0.3 is 10.1 Å². The molecule has 1 fully saturated rings. The second-order valence-corrected chi connectivity index (χ2v) is 5.97. The molecule has 1 aromatic rings. The van der Waals surface area contributed by atoms with Gasteiger partial charge in [-0.05, 0) is 50.2 Å². The maximum absolute atomic E-state index is 5.56. The van der Waals surface area contributed by atoms with Crippen LogP contribution in [0.25, 0.3) is 0 Å². The van der Waals surface area contributed by atoms with E-state index in [-0.39, 0.29) is 0 Å². The van der Waals surface area contributed by atoms with Crippen molar-refractivity contribution < 1.29 is 4.74 Å². The number of methoxy groups -OCH3 is 1. The standard InChI is InChI=1S/C18H30N2O/c1-3-19-14-16-9-10-18(21-2)17(13-16)15-20-11-7-5-4-6-8-12-20/h9-10,13,19H,3-8,11-12,14-15H2,1-2H3. The summed E-state index contributed by atoms with van der Waals surface area (Å²) in [5, 5.41) is 3.40. The van der Waals surface area contributed by atoms with Crippen LogP contribution in [0.4, 0.5) is 0 Å². The van der Waals surface area contributed by atoms with Crippen LogP contribution in [0.1, 0.15) is 50.2 Å². The second kappa shape index (κ2) is 9.06. The van der Waals surface area contributed by atoms with Crippen LogP contribution in [0.2, 0.25) is 0 Å². The van der Waals surface area contributed by atoms with Crippen LogP contribution in [-0.2, 0) is 13.1 Å². The van der Waals surface area contributed by atoms with E-state index in [0.29, 0.717) is 0 Å². The summed E-state index contributed by atoms with van der Waals surface area (Å²) in [4.78, 5) is 2.59. The van der Waals surface area contributed by atoms with E-state index in [9.17, 15) is 0 Å². The number of benzene rings is 1. The molecule has 0 unspecified atom stereocenters. The third-order valence-corrected chi connectivity index (χ3v) is 4.27.